The highest BCUT2D eigenvalue weighted by atomic mass is 16.5. The van der Waals surface area contributed by atoms with E-state index in [4.69, 9.17) is 14.5 Å². The van der Waals surface area contributed by atoms with E-state index in [0.29, 0.717) is 0 Å². The van der Waals surface area contributed by atoms with E-state index in [-0.39, 0.29) is 0 Å². The second-order valence-corrected chi connectivity index (χ2v) is 7.06. The molecule has 0 fully saturated rings. The number of ether oxygens (including phenoxy) is 2. The zero-order valence-electron chi connectivity index (χ0n) is 16.1. The summed E-state index contributed by atoms with van der Waals surface area (Å²) in [5, 5.41) is 0. The van der Waals surface area contributed by atoms with E-state index < -0.39 is 0 Å². The van der Waals surface area contributed by atoms with Gasteiger partial charge in [-0.15, -0.1) is 0 Å². The van der Waals surface area contributed by atoms with Crippen LogP contribution in [0.3, 0.4) is 0 Å². The number of aromatic nitrogens is 2. The molecule has 6 heteroatoms. The quantitative estimate of drug-likeness (QED) is 0.814. The van der Waals surface area contributed by atoms with Gasteiger partial charge in [-0.05, 0) is 25.3 Å². The maximum absolute atomic E-state index is 5.57. The lowest BCUT2D eigenvalue weighted by Gasteiger charge is -2.29. The summed E-state index contributed by atoms with van der Waals surface area (Å²) < 4.78 is 11.0. The van der Waals surface area contributed by atoms with Crippen LogP contribution in [0, 0.1) is 0 Å². The molecule has 3 heterocycles. The Morgan fingerprint density at radius 1 is 1.11 bits per heavy atom. The molecule has 27 heavy (non-hydrogen) atoms. The van der Waals surface area contributed by atoms with Crippen LogP contribution in [0.1, 0.15) is 41.9 Å². The molecule has 1 aromatic carbocycles. The van der Waals surface area contributed by atoms with Crippen LogP contribution in [0.25, 0.3) is 0 Å². The lowest BCUT2D eigenvalue weighted by Crippen LogP contribution is -2.31. The zero-order chi connectivity index (χ0) is 18.6. The van der Waals surface area contributed by atoms with Gasteiger partial charge in [0.15, 0.2) is 17.3 Å². The van der Waals surface area contributed by atoms with Crippen LogP contribution >= 0.6 is 0 Å². The molecule has 0 bridgehead atoms. The van der Waals surface area contributed by atoms with Gasteiger partial charge >= 0.3 is 0 Å². The third kappa shape index (κ3) is 3.81. The average molecular weight is 366 g/mol. The molecule has 2 aliphatic rings. The first-order chi connectivity index (χ1) is 13.3. The molecule has 6 nitrogen and oxygen atoms in total. The largest absolute Gasteiger partial charge is 0.493 e. The Hall–Kier alpha value is -2.47. The van der Waals surface area contributed by atoms with Crippen molar-refractivity contribution in [2.24, 2.45) is 4.99 Å². The topological polar surface area (TPSA) is 59.8 Å². The van der Waals surface area contributed by atoms with Gasteiger partial charge in [0.1, 0.15) is 0 Å². The fourth-order valence-electron chi connectivity index (χ4n) is 3.85. The first-order valence-electron chi connectivity index (χ1n) is 9.59. The fourth-order valence-corrected chi connectivity index (χ4v) is 3.85. The Kier molecular flexibility index (Phi) is 5.34. The molecule has 2 aromatic rings. The lowest BCUT2D eigenvalue weighted by molar-refractivity contribution is 0.237. The fraction of sp³-hybridized carbons (Fsp3) is 0.476. The molecule has 4 rings (SSSR count). The van der Waals surface area contributed by atoms with Crippen LogP contribution in [-0.4, -0.2) is 47.9 Å². The van der Waals surface area contributed by atoms with Crippen molar-refractivity contribution < 1.29 is 9.47 Å². The normalized spacial score (nSPS) is 17.2. The summed E-state index contributed by atoms with van der Waals surface area (Å²) in [6, 6.07) is 6.03. The molecular formula is C21H26N4O2. The molecule has 2 aliphatic heterocycles. The van der Waals surface area contributed by atoms with E-state index in [1.54, 1.807) is 14.2 Å². The molecule has 0 atom stereocenters. The minimum atomic E-state index is 0.772. The van der Waals surface area contributed by atoms with Gasteiger partial charge in [0.05, 0.1) is 25.6 Å². The van der Waals surface area contributed by atoms with Gasteiger partial charge in [-0.3, -0.25) is 9.89 Å². The number of hydrogen-bond donors (Lipinski definition) is 0. The van der Waals surface area contributed by atoms with Crippen molar-refractivity contribution in [3.05, 3.63) is 47.0 Å². The van der Waals surface area contributed by atoms with Gasteiger partial charge in [-0.1, -0.05) is 12.1 Å². The molecule has 0 N–H and O–H groups in total. The van der Waals surface area contributed by atoms with Crippen LogP contribution < -0.4 is 9.47 Å². The van der Waals surface area contributed by atoms with Gasteiger partial charge in [0, 0.05) is 49.9 Å². The average Bonchev–Trinajstić information content (AvgIpc) is 2.73. The van der Waals surface area contributed by atoms with E-state index in [2.05, 4.69) is 20.9 Å². The molecular weight excluding hydrogens is 340 g/mol. The van der Waals surface area contributed by atoms with Crippen molar-refractivity contribution in [1.82, 2.24) is 14.9 Å². The minimum Gasteiger partial charge on any atom is -0.493 e. The Bertz CT molecular complexity index is 850. The van der Waals surface area contributed by atoms with Crippen molar-refractivity contribution >= 4 is 5.71 Å². The monoisotopic (exact) mass is 366 g/mol. The highest BCUT2D eigenvalue weighted by molar-refractivity contribution is 5.97. The summed E-state index contributed by atoms with van der Waals surface area (Å²) in [7, 11) is 3.36. The Morgan fingerprint density at radius 3 is 2.81 bits per heavy atom. The van der Waals surface area contributed by atoms with Crippen LogP contribution in [0.2, 0.25) is 0 Å². The van der Waals surface area contributed by atoms with Gasteiger partial charge in [-0.25, -0.2) is 9.97 Å². The van der Waals surface area contributed by atoms with E-state index in [0.717, 1.165) is 67.6 Å². The van der Waals surface area contributed by atoms with Crippen LogP contribution in [0.4, 0.5) is 0 Å². The second kappa shape index (κ2) is 8.05. The Balaban J connectivity index is 1.50. The molecule has 0 amide bonds. The Labute approximate surface area is 160 Å². The van der Waals surface area contributed by atoms with Crippen molar-refractivity contribution in [3.63, 3.8) is 0 Å². The van der Waals surface area contributed by atoms with Crippen molar-refractivity contribution in [3.8, 4) is 11.5 Å². The van der Waals surface area contributed by atoms with Crippen LogP contribution in [-0.2, 0) is 19.5 Å². The molecule has 1 aromatic heterocycles. The molecule has 0 spiro atoms. The lowest BCUT2D eigenvalue weighted by atomic mass is 10.0. The van der Waals surface area contributed by atoms with Gasteiger partial charge in [0.25, 0.3) is 0 Å². The first kappa shape index (κ1) is 17.9. The third-order valence-corrected chi connectivity index (χ3v) is 5.27. The highest BCUT2D eigenvalue weighted by Gasteiger charge is 2.21. The standard InChI is InChI=1S/C21H26N4O2/c1-26-19-8-5-6-15(20(19)27-2)13-25-11-9-17-16(14-25)12-23-21(24-17)18-7-3-4-10-22-18/h5-6,8,12H,3-4,7,9-11,13-14H2,1-2H3. The third-order valence-electron chi connectivity index (χ3n) is 5.27. The summed E-state index contributed by atoms with van der Waals surface area (Å²) in [6.45, 7) is 3.54. The number of methoxy groups -OCH3 is 2. The minimum absolute atomic E-state index is 0.772. The number of nitrogens with zero attached hydrogens (tertiary/aromatic N) is 4. The van der Waals surface area contributed by atoms with Crippen molar-refractivity contribution in [2.45, 2.75) is 38.8 Å². The first-order valence-corrected chi connectivity index (χ1v) is 9.59. The Morgan fingerprint density at radius 2 is 2.04 bits per heavy atom. The number of hydrogen-bond acceptors (Lipinski definition) is 6. The van der Waals surface area contributed by atoms with E-state index in [1.807, 2.05) is 18.3 Å². The van der Waals surface area contributed by atoms with Gasteiger partial charge in [0.2, 0.25) is 0 Å². The van der Waals surface area contributed by atoms with Crippen LogP contribution in [0.15, 0.2) is 29.4 Å². The molecule has 0 radical (unpaired) electrons. The molecule has 0 aliphatic carbocycles. The van der Waals surface area contributed by atoms with E-state index >= 15 is 0 Å². The predicted octanol–water partition coefficient (Wildman–Crippen LogP) is 3.03. The van der Waals surface area contributed by atoms with Gasteiger partial charge in [-0.2, -0.15) is 0 Å². The molecule has 0 saturated carbocycles. The SMILES string of the molecule is COc1cccc(CN2CCc3nc(C4=NCCCC4)ncc3C2)c1OC. The number of benzene rings is 1. The molecule has 0 saturated heterocycles. The summed E-state index contributed by atoms with van der Waals surface area (Å²) in [5.41, 5.74) is 4.59. The number of rotatable bonds is 5. The smallest absolute Gasteiger partial charge is 0.173 e. The zero-order valence-corrected chi connectivity index (χ0v) is 16.1. The van der Waals surface area contributed by atoms with E-state index in [1.165, 1.54) is 24.1 Å². The summed E-state index contributed by atoms with van der Waals surface area (Å²) >= 11 is 0. The predicted molar refractivity (Wildman–Crippen MR) is 105 cm³/mol. The number of fused-ring (bicyclic) bond motifs is 1. The van der Waals surface area contributed by atoms with Crippen molar-refractivity contribution in [2.75, 3.05) is 27.3 Å². The number of aliphatic imine (C=N–C) groups is 1. The van der Waals surface area contributed by atoms with Gasteiger partial charge < -0.3 is 9.47 Å². The molecule has 142 valence electrons. The summed E-state index contributed by atoms with van der Waals surface area (Å²) in [5.74, 6) is 2.41. The second-order valence-electron chi connectivity index (χ2n) is 7.06. The maximum atomic E-state index is 5.57. The highest BCUT2D eigenvalue weighted by Crippen LogP contribution is 2.32. The number of para-hydroxylation sites is 1. The van der Waals surface area contributed by atoms with Crippen molar-refractivity contribution in [1.29, 1.82) is 0 Å². The molecule has 0 unspecified atom stereocenters. The summed E-state index contributed by atoms with van der Waals surface area (Å²) in [6.07, 6.45) is 6.29. The van der Waals surface area contributed by atoms with E-state index in [9.17, 15) is 0 Å². The summed E-state index contributed by atoms with van der Waals surface area (Å²) in [4.78, 5) is 16.4. The van der Waals surface area contributed by atoms with Crippen LogP contribution in [0.5, 0.6) is 11.5 Å². The maximum Gasteiger partial charge on any atom is 0.173 e.